The lowest BCUT2D eigenvalue weighted by Gasteiger charge is -2.60. The number of pyridine rings is 1. The third-order valence-electron chi connectivity index (χ3n) is 12.1. The van der Waals surface area contributed by atoms with E-state index in [-0.39, 0.29) is 11.0 Å². The average Bonchev–Trinajstić information content (AvgIpc) is 3.40. The molecule has 4 heterocycles. The highest BCUT2D eigenvalue weighted by atomic mass is 19.1. The predicted octanol–water partition coefficient (Wildman–Crippen LogP) is 7.38. The van der Waals surface area contributed by atoms with Crippen molar-refractivity contribution in [1.29, 1.82) is 0 Å². The van der Waals surface area contributed by atoms with E-state index in [1.165, 1.54) is 80.6 Å². The highest BCUT2D eigenvalue weighted by molar-refractivity contribution is 5.62. The summed E-state index contributed by atoms with van der Waals surface area (Å²) in [6.45, 7) is 7.79. The van der Waals surface area contributed by atoms with Crippen molar-refractivity contribution >= 4 is 11.4 Å². The number of anilines is 2. The van der Waals surface area contributed by atoms with Crippen LogP contribution in [0, 0.1) is 5.41 Å². The highest BCUT2D eigenvalue weighted by Gasteiger charge is 2.51. The summed E-state index contributed by atoms with van der Waals surface area (Å²) in [5.74, 6) is 0.535. The van der Waals surface area contributed by atoms with Crippen LogP contribution in [0.5, 0.6) is 0 Å². The molecule has 216 valence electrons. The Balaban J connectivity index is 1.12. The molecule has 5 heteroatoms. The third kappa shape index (κ3) is 4.64. The summed E-state index contributed by atoms with van der Waals surface area (Å²) in [7, 11) is 0. The van der Waals surface area contributed by atoms with Crippen molar-refractivity contribution in [2.24, 2.45) is 5.41 Å². The fourth-order valence-corrected chi connectivity index (χ4v) is 9.14. The molecule has 5 aliphatic rings. The fourth-order valence-electron chi connectivity index (χ4n) is 9.14. The SMILES string of the molecule is CC(CCC1(C)CCc2c(N3CCC34CCC4)cc(CC[C@@]34CCCN3CC(F)C4)nc2C1)c1ccc(N)cc1. The number of fused-ring (bicyclic) bond motifs is 2. The number of nitrogen functional groups attached to an aromatic ring is 1. The van der Waals surface area contributed by atoms with Crippen LogP contribution in [0.2, 0.25) is 0 Å². The number of rotatable bonds is 8. The van der Waals surface area contributed by atoms with E-state index in [0.717, 1.165) is 50.8 Å². The topological polar surface area (TPSA) is 45.4 Å². The molecule has 4 nitrogen and oxygen atoms in total. The second-order valence-electron chi connectivity index (χ2n) is 14.7. The van der Waals surface area contributed by atoms with Gasteiger partial charge in [-0.05, 0) is 137 Å². The minimum absolute atomic E-state index is 0.0792. The summed E-state index contributed by atoms with van der Waals surface area (Å²) >= 11 is 0. The van der Waals surface area contributed by atoms with Crippen LogP contribution in [-0.4, -0.2) is 46.8 Å². The minimum atomic E-state index is -0.650. The fraction of sp³-hybridized carbons (Fsp3) is 0.686. The van der Waals surface area contributed by atoms with Crippen molar-refractivity contribution in [3.05, 3.63) is 52.8 Å². The lowest BCUT2D eigenvalue weighted by atomic mass is 9.66. The van der Waals surface area contributed by atoms with Gasteiger partial charge in [0.25, 0.3) is 0 Å². The molecule has 4 fully saturated rings. The number of nitrogens with zero attached hydrogens (tertiary/aromatic N) is 3. The molecule has 2 aliphatic carbocycles. The van der Waals surface area contributed by atoms with E-state index in [1.807, 2.05) is 12.1 Å². The molecule has 7 rings (SSSR count). The Labute approximate surface area is 240 Å². The van der Waals surface area contributed by atoms with Crippen LogP contribution in [-0.2, 0) is 19.3 Å². The van der Waals surface area contributed by atoms with Crippen molar-refractivity contribution in [1.82, 2.24) is 9.88 Å². The van der Waals surface area contributed by atoms with Crippen LogP contribution in [0.3, 0.4) is 0 Å². The molecular weight excluding hydrogens is 495 g/mol. The zero-order chi connectivity index (χ0) is 27.5. The van der Waals surface area contributed by atoms with E-state index in [9.17, 15) is 4.39 Å². The van der Waals surface area contributed by atoms with E-state index >= 15 is 0 Å². The predicted molar refractivity (Wildman–Crippen MR) is 163 cm³/mol. The molecule has 0 bridgehead atoms. The monoisotopic (exact) mass is 544 g/mol. The normalized spacial score (nSPS) is 31.5. The van der Waals surface area contributed by atoms with E-state index < -0.39 is 6.17 Å². The maximum atomic E-state index is 14.5. The molecule has 2 aromatic rings. The van der Waals surface area contributed by atoms with Crippen LogP contribution in [0.25, 0.3) is 0 Å². The average molecular weight is 545 g/mol. The second kappa shape index (κ2) is 10.00. The van der Waals surface area contributed by atoms with Crippen molar-refractivity contribution in [2.45, 2.75) is 127 Å². The summed E-state index contributed by atoms with van der Waals surface area (Å²) in [6, 6.07) is 10.9. The first-order valence-corrected chi connectivity index (χ1v) is 16.3. The van der Waals surface area contributed by atoms with Gasteiger partial charge in [0, 0.05) is 46.9 Å². The Bertz CT molecular complexity index is 1230. The number of benzene rings is 1. The minimum Gasteiger partial charge on any atom is -0.399 e. The Kier molecular flexibility index (Phi) is 6.68. The molecule has 3 unspecified atom stereocenters. The molecule has 3 aliphatic heterocycles. The van der Waals surface area contributed by atoms with Gasteiger partial charge in [-0.15, -0.1) is 0 Å². The Hall–Kier alpha value is -2.14. The van der Waals surface area contributed by atoms with Gasteiger partial charge in [-0.3, -0.25) is 9.88 Å². The summed E-state index contributed by atoms with van der Waals surface area (Å²) in [5, 5.41) is 0. The number of aromatic nitrogens is 1. The van der Waals surface area contributed by atoms with Gasteiger partial charge >= 0.3 is 0 Å². The number of hydrogen-bond acceptors (Lipinski definition) is 4. The standard InChI is InChI=1S/C35H49FN4/c1-25(26-5-7-28(37)8-6-26)9-15-33(2)16-11-30-31(23-33)38-29(21-32(30)40-20-18-34(40)12-3-13-34)10-17-35-14-4-19-39(35)24-27(36)22-35/h5-8,21,25,27H,3-4,9-20,22-24,37H2,1-2H3/t25?,27?,33?,35-/m1/s1. The summed E-state index contributed by atoms with van der Waals surface area (Å²) in [5.41, 5.74) is 14.7. The van der Waals surface area contributed by atoms with Gasteiger partial charge in [0.2, 0.25) is 0 Å². The zero-order valence-electron chi connectivity index (χ0n) is 24.9. The number of nitrogens with two attached hydrogens (primary N) is 1. The molecule has 40 heavy (non-hydrogen) atoms. The quantitative estimate of drug-likeness (QED) is 0.352. The lowest BCUT2D eigenvalue weighted by Crippen LogP contribution is -2.64. The van der Waals surface area contributed by atoms with Crippen molar-refractivity contribution < 1.29 is 4.39 Å². The van der Waals surface area contributed by atoms with Crippen LogP contribution in [0.4, 0.5) is 15.8 Å². The summed E-state index contributed by atoms with van der Waals surface area (Å²) < 4.78 is 14.5. The smallest absolute Gasteiger partial charge is 0.115 e. The van der Waals surface area contributed by atoms with E-state index in [4.69, 9.17) is 10.7 Å². The summed E-state index contributed by atoms with van der Waals surface area (Å²) in [4.78, 5) is 10.7. The molecular formula is C35H49FN4. The third-order valence-corrected chi connectivity index (χ3v) is 12.1. The molecule has 0 amide bonds. The first-order valence-electron chi connectivity index (χ1n) is 16.3. The largest absolute Gasteiger partial charge is 0.399 e. The Morgan fingerprint density at radius 1 is 1.05 bits per heavy atom. The highest BCUT2D eigenvalue weighted by Crippen LogP contribution is 2.52. The number of hydrogen-bond donors (Lipinski definition) is 1. The molecule has 1 saturated carbocycles. The van der Waals surface area contributed by atoms with Gasteiger partial charge in [0.1, 0.15) is 6.17 Å². The maximum absolute atomic E-state index is 14.5. The second-order valence-corrected chi connectivity index (χ2v) is 14.7. The molecule has 1 aromatic carbocycles. The molecule has 2 N–H and O–H groups in total. The van der Waals surface area contributed by atoms with Gasteiger partial charge in [-0.1, -0.05) is 26.0 Å². The number of aryl methyl sites for hydroxylation is 1. The Morgan fingerprint density at radius 3 is 2.60 bits per heavy atom. The van der Waals surface area contributed by atoms with Crippen molar-refractivity contribution in [3.63, 3.8) is 0 Å². The Morgan fingerprint density at radius 2 is 1.88 bits per heavy atom. The first-order chi connectivity index (χ1) is 19.3. The van der Waals surface area contributed by atoms with Gasteiger partial charge in [-0.2, -0.15) is 0 Å². The number of halogens is 1. The van der Waals surface area contributed by atoms with Gasteiger partial charge in [0.05, 0.1) is 0 Å². The van der Waals surface area contributed by atoms with Crippen molar-refractivity contribution in [2.75, 3.05) is 30.3 Å². The van der Waals surface area contributed by atoms with E-state index in [1.54, 1.807) is 5.56 Å². The van der Waals surface area contributed by atoms with E-state index in [2.05, 4.69) is 41.8 Å². The van der Waals surface area contributed by atoms with Crippen LogP contribution in [0.1, 0.15) is 113 Å². The first kappa shape index (κ1) is 26.7. The number of alkyl halides is 1. The maximum Gasteiger partial charge on any atom is 0.115 e. The van der Waals surface area contributed by atoms with Gasteiger partial charge < -0.3 is 10.6 Å². The molecule has 1 aromatic heterocycles. The van der Waals surface area contributed by atoms with Crippen LogP contribution < -0.4 is 10.6 Å². The molecule has 0 radical (unpaired) electrons. The molecule has 3 saturated heterocycles. The zero-order valence-corrected chi connectivity index (χ0v) is 24.9. The van der Waals surface area contributed by atoms with Crippen LogP contribution in [0.15, 0.2) is 30.3 Å². The molecule has 4 atom stereocenters. The van der Waals surface area contributed by atoms with Crippen LogP contribution >= 0.6 is 0 Å². The van der Waals surface area contributed by atoms with Gasteiger partial charge in [0.15, 0.2) is 0 Å². The summed E-state index contributed by atoms with van der Waals surface area (Å²) in [6.07, 6.45) is 15.8. The lowest BCUT2D eigenvalue weighted by molar-refractivity contribution is 0.150. The van der Waals surface area contributed by atoms with Crippen molar-refractivity contribution in [3.8, 4) is 0 Å². The van der Waals surface area contributed by atoms with E-state index in [0.29, 0.717) is 18.0 Å². The molecule has 1 spiro atoms. The van der Waals surface area contributed by atoms with Gasteiger partial charge in [-0.25, -0.2) is 4.39 Å².